The second-order valence-electron chi connectivity index (χ2n) is 3.87. The van der Waals surface area contributed by atoms with Crippen molar-refractivity contribution in [3.8, 4) is 0 Å². The highest BCUT2D eigenvalue weighted by Crippen LogP contribution is 2.01. The highest BCUT2D eigenvalue weighted by atomic mass is 16.4. The molecule has 0 bridgehead atoms. The second-order valence-corrected chi connectivity index (χ2v) is 3.87. The number of nitrogens with zero attached hydrogens (tertiary/aromatic N) is 1. The molecule has 1 unspecified atom stereocenters. The summed E-state index contributed by atoms with van der Waals surface area (Å²) in [6.45, 7) is 3.72. The van der Waals surface area contributed by atoms with E-state index in [1.165, 1.54) is 0 Å². The molecule has 0 saturated carbocycles. The van der Waals surface area contributed by atoms with E-state index < -0.39 is 12.0 Å². The predicted octanol–water partition coefficient (Wildman–Crippen LogP) is -0.227. The Morgan fingerprint density at radius 3 is 2.14 bits per heavy atom. The Balaban J connectivity index is 4.17. The van der Waals surface area contributed by atoms with Gasteiger partial charge in [0.25, 0.3) is 0 Å². The SMILES string of the molecule is CC(C)C(NC(=O)CN(C)C)C(=O)O. The normalized spacial score (nSPS) is 13.0. The summed E-state index contributed by atoms with van der Waals surface area (Å²) in [5, 5.41) is 11.3. The number of likely N-dealkylation sites (N-methyl/N-ethyl adjacent to an activating group) is 1. The molecule has 0 spiro atoms. The van der Waals surface area contributed by atoms with E-state index in [0.717, 1.165) is 0 Å². The van der Waals surface area contributed by atoms with E-state index in [1.807, 2.05) is 0 Å². The van der Waals surface area contributed by atoms with Gasteiger partial charge in [-0.1, -0.05) is 13.8 Å². The molecule has 0 aliphatic heterocycles. The first-order valence-corrected chi connectivity index (χ1v) is 4.51. The summed E-state index contributed by atoms with van der Waals surface area (Å²) in [4.78, 5) is 23.7. The number of aliphatic carboxylic acids is 1. The van der Waals surface area contributed by atoms with E-state index in [4.69, 9.17) is 5.11 Å². The van der Waals surface area contributed by atoms with Gasteiger partial charge in [-0.15, -0.1) is 0 Å². The minimum absolute atomic E-state index is 0.112. The topological polar surface area (TPSA) is 69.6 Å². The molecule has 5 nitrogen and oxygen atoms in total. The Kier molecular flexibility index (Phi) is 5.15. The smallest absolute Gasteiger partial charge is 0.326 e. The number of amides is 1. The molecule has 0 rings (SSSR count). The summed E-state index contributed by atoms with van der Waals surface area (Å²) >= 11 is 0. The third-order valence-corrected chi connectivity index (χ3v) is 1.71. The van der Waals surface area contributed by atoms with E-state index in [9.17, 15) is 9.59 Å². The van der Waals surface area contributed by atoms with Gasteiger partial charge in [0.1, 0.15) is 6.04 Å². The zero-order chi connectivity index (χ0) is 11.3. The van der Waals surface area contributed by atoms with Crippen LogP contribution >= 0.6 is 0 Å². The summed E-state index contributed by atoms with van der Waals surface area (Å²) in [5.41, 5.74) is 0. The second kappa shape index (κ2) is 5.59. The fraction of sp³-hybridized carbons (Fsp3) is 0.778. The van der Waals surface area contributed by atoms with Gasteiger partial charge < -0.3 is 15.3 Å². The van der Waals surface area contributed by atoms with Crippen molar-refractivity contribution in [2.75, 3.05) is 20.6 Å². The lowest BCUT2D eigenvalue weighted by molar-refractivity contribution is -0.143. The van der Waals surface area contributed by atoms with Crippen molar-refractivity contribution in [1.82, 2.24) is 10.2 Å². The van der Waals surface area contributed by atoms with Crippen LogP contribution in [0.1, 0.15) is 13.8 Å². The van der Waals surface area contributed by atoms with E-state index >= 15 is 0 Å². The summed E-state index contributed by atoms with van der Waals surface area (Å²) in [7, 11) is 3.51. The first-order chi connectivity index (χ1) is 6.34. The van der Waals surface area contributed by atoms with E-state index in [1.54, 1.807) is 32.8 Å². The highest BCUT2D eigenvalue weighted by molar-refractivity contribution is 5.84. The molecule has 0 saturated heterocycles. The molecule has 0 aliphatic rings. The lowest BCUT2D eigenvalue weighted by Crippen LogP contribution is -2.47. The molecule has 5 heteroatoms. The average molecular weight is 202 g/mol. The van der Waals surface area contributed by atoms with Gasteiger partial charge in [-0.25, -0.2) is 4.79 Å². The Hall–Kier alpha value is -1.10. The van der Waals surface area contributed by atoms with Crippen LogP contribution in [-0.2, 0) is 9.59 Å². The van der Waals surface area contributed by atoms with Crippen molar-refractivity contribution in [2.45, 2.75) is 19.9 Å². The van der Waals surface area contributed by atoms with Gasteiger partial charge in [-0.3, -0.25) is 4.79 Å². The van der Waals surface area contributed by atoms with Crippen LogP contribution in [0.5, 0.6) is 0 Å². The van der Waals surface area contributed by atoms with Crippen LogP contribution in [0.25, 0.3) is 0 Å². The van der Waals surface area contributed by atoms with Crippen molar-refractivity contribution < 1.29 is 14.7 Å². The summed E-state index contributed by atoms with van der Waals surface area (Å²) in [5.74, 6) is -1.37. The zero-order valence-corrected chi connectivity index (χ0v) is 9.07. The Bertz CT molecular complexity index is 214. The van der Waals surface area contributed by atoms with Crippen molar-refractivity contribution in [1.29, 1.82) is 0 Å². The molecule has 2 N–H and O–H groups in total. The van der Waals surface area contributed by atoms with Crippen LogP contribution < -0.4 is 5.32 Å². The lowest BCUT2D eigenvalue weighted by Gasteiger charge is -2.19. The van der Waals surface area contributed by atoms with Crippen molar-refractivity contribution in [3.63, 3.8) is 0 Å². The molecule has 0 fully saturated rings. The molecule has 0 radical (unpaired) electrons. The molecule has 1 amide bonds. The fourth-order valence-electron chi connectivity index (χ4n) is 1.02. The Morgan fingerprint density at radius 2 is 1.86 bits per heavy atom. The largest absolute Gasteiger partial charge is 0.480 e. The van der Waals surface area contributed by atoms with Crippen LogP contribution in [0.4, 0.5) is 0 Å². The molecule has 0 aromatic rings. The van der Waals surface area contributed by atoms with E-state index in [2.05, 4.69) is 5.32 Å². The average Bonchev–Trinajstić information content (AvgIpc) is 1.97. The van der Waals surface area contributed by atoms with E-state index in [0.29, 0.717) is 0 Å². The maximum atomic E-state index is 11.3. The third kappa shape index (κ3) is 4.81. The lowest BCUT2D eigenvalue weighted by atomic mass is 10.1. The molecule has 82 valence electrons. The van der Waals surface area contributed by atoms with Crippen LogP contribution in [0.15, 0.2) is 0 Å². The molecule has 14 heavy (non-hydrogen) atoms. The number of hydrogen-bond donors (Lipinski definition) is 2. The number of carbonyl (C=O) groups is 2. The quantitative estimate of drug-likeness (QED) is 0.646. The molecule has 0 aliphatic carbocycles. The van der Waals surface area contributed by atoms with Crippen LogP contribution in [-0.4, -0.2) is 48.6 Å². The first-order valence-electron chi connectivity index (χ1n) is 4.51. The number of rotatable bonds is 5. The summed E-state index contributed by atoms with van der Waals surface area (Å²) in [6.07, 6.45) is 0. The van der Waals surface area contributed by atoms with E-state index in [-0.39, 0.29) is 18.4 Å². The van der Waals surface area contributed by atoms with Gasteiger partial charge in [-0.05, 0) is 20.0 Å². The van der Waals surface area contributed by atoms with Gasteiger partial charge in [0.2, 0.25) is 5.91 Å². The van der Waals surface area contributed by atoms with Crippen LogP contribution in [0.2, 0.25) is 0 Å². The van der Waals surface area contributed by atoms with Crippen molar-refractivity contribution in [2.24, 2.45) is 5.92 Å². The summed E-state index contributed by atoms with van der Waals surface area (Å²) in [6, 6.07) is -0.803. The van der Waals surface area contributed by atoms with Gasteiger partial charge in [0.05, 0.1) is 6.54 Å². The van der Waals surface area contributed by atoms with Gasteiger partial charge >= 0.3 is 5.97 Å². The minimum Gasteiger partial charge on any atom is -0.480 e. The van der Waals surface area contributed by atoms with Crippen molar-refractivity contribution >= 4 is 11.9 Å². The third-order valence-electron chi connectivity index (χ3n) is 1.71. The van der Waals surface area contributed by atoms with Crippen LogP contribution in [0.3, 0.4) is 0 Å². The molecular weight excluding hydrogens is 184 g/mol. The number of carboxylic acid groups (broad SMARTS) is 1. The number of nitrogens with one attached hydrogen (secondary N) is 1. The fourth-order valence-corrected chi connectivity index (χ4v) is 1.02. The van der Waals surface area contributed by atoms with Crippen molar-refractivity contribution in [3.05, 3.63) is 0 Å². The molecular formula is C9H18N2O3. The monoisotopic (exact) mass is 202 g/mol. The minimum atomic E-state index is -0.993. The van der Waals surface area contributed by atoms with Gasteiger partial charge in [0.15, 0.2) is 0 Å². The zero-order valence-electron chi connectivity index (χ0n) is 9.07. The molecule has 0 aromatic carbocycles. The molecule has 1 atom stereocenters. The Labute approximate surface area is 84.1 Å². The van der Waals surface area contributed by atoms with Gasteiger partial charge in [0, 0.05) is 0 Å². The highest BCUT2D eigenvalue weighted by Gasteiger charge is 2.23. The van der Waals surface area contributed by atoms with Crippen LogP contribution in [0, 0.1) is 5.92 Å². The molecule has 0 heterocycles. The maximum Gasteiger partial charge on any atom is 0.326 e. The summed E-state index contributed by atoms with van der Waals surface area (Å²) < 4.78 is 0. The maximum absolute atomic E-state index is 11.3. The number of carbonyl (C=O) groups excluding carboxylic acids is 1. The first kappa shape index (κ1) is 12.9. The standard InChI is InChI=1S/C9H18N2O3/c1-6(2)8(9(13)14)10-7(12)5-11(3)4/h6,8H,5H2,1-4H3,(H,10,12)(H,13,14). The van der Waals surface area contributed by atoms with Gasteiger partial charge in [-0.2, -0.15) is 0 Å². The predicted molar refractivity (Wildman–Crippen MR) is 53.0 cm³/mol. The number of carboxylic acids is 1. The molecule has 0 aromatic heterocycles. The Morgan fingerprint density at radius 1 is 1.36 bits per heavy atom. The number of hydrogen-bond acceptors (Lipinski definition) is 3.